The Morgan fingerprint density at radius 1 is 1.83 bits per heavy atom. The van der Waals surface area contributed by atoms with Crippen LogP contribution in [0.4, 0.5) is 4.79 Å². The Bertz CT molecular complexity index is 63.9. The lowest BCUT2D eigenvalue weighted by Gasteiger charge is -1.78. The fourth-order valence-corrected chi connectivity index (χ4v) is 0.246. The minimum atomic E-state index is -0.407. The molecule has 1 aliphatic heterocycles. The molecular weight excluding hydrogens is 84.0 g/mol. The first kappa shape index (κ1) is 3.42. The minimum Gasteiger partial charge on any atom is -0.431 e. The smallest absolute Gasteiger partial charge is 0.423 e. The lowest BCUT2D eigenvalue weighted by Crippen LogP contribution is -2.24. The van der Waals surface area contributed by atoms with Crippen molar-refractivity contribution >= 4 is 6.09 Å². The van der Waals surface area contributed by atoms with E-state index in [0.29, 0.717) is 0 Å². The van der Waals surface area contributed by atoms with Crippen molar-refractivity contribution < 1.29 is 9.53 Å². The summed E-state index contributed by atoms with van der Waals surface area (Å²) in [4.78, 5) is 9.85. The molecular formula is C2H4N2O2. The molecule has 6 heavy (non-hydrogen) atoms. The standard InChI is InChI=1S/C2H4N2O2/c5-2-4-3-1-6-2/h3H,1H2,(H,4,5). The van der Waals surface area contributed by atoms with Gasteiger partial charge in [0.05, 0.1) is 0 Å². The van der Waals surface area contributed by atoms with Crippen LogP contribution in [-0.2, 0) is 4.74 Å². The first-order chi connectivity index (χ1) is 2.89. The number of ether oxygens (including phenoxy) is 1. The van der Waals surface area contributed by atoms with E-state index in [1.807, 2.05) is 0 Å². The molecule has 0 unspecified atom stereocenters. The van der Waals surface area contributed by atoms with E-state index in [0.717, 1.165) is 0 Å². The largest absolute Gasteiger partial charge is 0.431 e. The first-order valence-corrected chi connectivity index (χ1v) is 1.55. The number of carbonyl (C=O) groups is 1. The van der Waals surface area contributed by atoms with E-state index in [9.17, 15) is 4.79 Å². The van der Waals surface area contributed by atoms with Gasteiger partial charge in [0.2, 0.25) is 0 Å². The van der Waals surface area contributed by atoms with Crippen LogP contribution >= 0.6 is 0 Å². The van der Waals surface area contributed by atoms with Crippen LogP contribution in [0.3, 0.4) is 0 Å². The van der Waals surface area contributed by atoms with E-state index >= 15 is 0 Å². The number of cyclic esters (lactones) is 1. The average Bonchev–Trinajstić information content (AvgIpc) is 1.86. The van der Waals surface area contributed by atoms with Gasteiger partial charge in [-0.05, 0) is 0 Å². The Balaban J connectivity index is 2.37. The predicted octanol–water partition coefficient (Wildman–Crippen LogP) is -0.812. The number of nitrogens with one attached hydrogen (secondary N) is 2. The third-order valence-corrected chi connectivity index (χ3v) is 0.466. The molecule has 0 aromatic heterocycles. The molecule has 1 aliphatic rings. The molecule has 2 N–H and O–H groups in total. The molecule has 1 amide bonds. The zero-order valence-corrected chi connectivity index (χ0v) is 3.02. The highest BCUT2D eigenvalue weighted by atomic mass is 16.6. The Labute approximate surface area is 34.4 Å². The SMILES string of the molecule is O=C1NNCO1. The summed E-state index contributed by atoms with van der Waals surface area (Å²) in [6, 6.07) is 0. The Hall–Kier alpha value is -0.770. The maximum atomic E-state index is 9.85. The fraction of sp³-hybridized carbons (Fsp3) is 0.500. The van der Waals surface area contributed by atoms with Crippen molar-refractivity contribution in [2.75, 3.05) is 6.73 Å². The lowest BCUT2D eigenvalue weighted by atomic mass is 11.3. The summed E-state index contributed by atoms with van der Waals surface area (Å²) in [6.07, 6.45) is -0.407. The van der Waals surface area contributed by atoms with Gasteiger partial charge in [0.1, 0.15) is 0 Å². The molecule has 4 heteroatoms. The van der Waals surface area contributed by atoms with Gasteiger partial charge in [-0.15, -0.1) is 0 Å². The molecule has 0 aromatic rings. The summed E-state index contributed by atoms with van der Waals surface area (Å²) in [7, 11) is 0. The van der Waals surface area contributed by atoms with Crippen LogP contribution in [-0.4, -0.2) is 12.8 Å². The zero-order chi connectivity index (χ0) is 4.41. The number of hydrazine groups is 1. The van der Waals surface area contributed by atoms with Crippen LogP contribution in [0.5, 0.6) is 0 Å². The Morgan fingerprint density at radius 3 is 2.83 bits per heavy atom. The molecule has 0 bridgehead atoms. The average molecular weight is 88.1 g/mol. The topological polar surface area (TPSA) is 50.4 Å². The molecule has 0 spiro atoms. The molecule has 0 aromatic carbocycles. The van der Waals surface area contributed by atoms with Gasteiger partial charge in [-0.25, -0.2) is 4.79 Å². The van der Waals surface area contributed by atoms with E-state index in [2.05, 4.69) is 15.6 Å². The van der Waals surface area contributed by atoms with Crippen molar-refractivity contribution in [3.8, 4) is 0 Å². The van der Waals surface area contributed by atoms with E-state index in [4.69, 9.17) is 0 Å². The highest BCUT2D eigenvalue weighted by molar-refractivity contribution is 5.67. The molecule has 1 saturated heterocycles. The van der Waals surface area contributed by atoms with Crippen LogP contribution < -0.4 is 10.9 Å². The van der Waals surface area contributed by atoms with Gasteiger partial charge in [-0.1, -0.05) is 0 Å². The van der Waals surface area contributed by atoms with E-state index in [-0.39, 0.29) is 6.73 Å². The number of amides is 1. The Kier molecular flexibility index (Phi) is 0.648. The van der Waals surface area contributed by atoms with Gasteiger partial charge in [0.15, 0.2) is 6.73 Å². The number of carbonyl (C=O) groups excluding carboxylic acids is 1. The summed E-state index contributed by atoms with van der Waals surface area (Å²) in [5.74, 6) is 0. The van der Waals surface area contributed by atoms with Crippen LogP contribution in [0, 0.1) is 0 Å². The van der Waals surface area contributed by atoms with Gasteiger partial charge >= 0.3 is 6.09 Å². The number of hydrogen-bond donors (Lipinski definition) is 2. The first-order valence-electron chi connectivity index (χ1n) is 1.55. The fourth-order valence-electron chi connectivity index (χ4n) is 0.246. The highest BCUT2D eigenvalue weighted by Gasteiger charge is 2.04. The molecule has 0 atom stereocenters. The third-order valence-electron chi connectivity index (χ3n) is 0.466. The zero-order valence-electron chi connectivity index (χ0n) is 3.02. The summed E-state index contributed by atoms with van der Waals surface area (Å²) >= 11 is 0. The third kappa shape index (κ3) is 0.414. The second kappa shape index (κ2) is 1.14. The van der Waals surface area contributed by atoms with Crippen molar-refractivity contribution in [1.29, 1.82) is 0 Å². The van der Waals surface area contributed by atoms with Crippen LogP contribution in [0.15, 0.2) is 0 Å². The molecule has 4 nitrogen and oxygen atoms in total. The van der Waals surface area contributed by atoms with Crippen molar-refractivity contribution in [3.63, 3.8) is 0 Å². The van der Waals surface area contributed by atoms with Gasteiger partial charge in [-0.3, -0.25) is 5.43 Å². The molecule has 1 rings (SSSR count). The maximum absolute atomic E-state index is 9.85. The summed E-state index contributed by atoms with van der Waals surface area (Å²) < 4.78 is 4.29. The Morgan fingerprint density at radius 2 is 2.67 bits per heavy atom. The second-order valence-corrected chi connectivity index (χ2v) is 0.878. The van der Waals surface area contributed by atoms with Gasteiger partial charge in [0.25, 0.3) is 0 Å². The normalized spacial score (nSPS) is 19.7. The van der Waals surface area contributed by atoms with E-state index in [1.165, 1.54) is 0 Å². The lowest BCUT2D eigenvalue weighted by molar-refractivity contribution is 0.176. The van der Waals surface area contributed by atoms with Crippen molar-refractivity contribution in [3.05, 3.63) is 0 Å². The van der Waals surface area contributed by atoms with Crippen molar-refractivity contribution in [2.24, 2.45) is 0 Å². The van der Waals surface area contributed by atoms with Crippen molar-refractivity contribution in [2.45, 2.75) is 0 Å². The minimum absolute atomic E-state index is 0.277. The summed E-state index contributed by atoms with van der Waals surface area (Å²) in [5.41, 5.74) is 4.66. The van der Waals surface area contributed by atoms with Gasteiger partial charge in [-0.2, -0.15) is 5.43 Å². The molecule has 0 radical (unpaired) electrons. The predicted molar refractivity (Wildman–Crippen MR) is 17.6 cm³/mol. The quantitative estimate of drug-likeness (QED) is 0.407. The van der Waals surface area contributed by atoms with Crippen LogP contribution in [0.25, 0.3) is 0 Å². The monoisotopic (exact) mass is 88.0 g/mol. The van der Waals surface area contributed by atoms with E-state index in [1.54, 1.807) is 0 Å². The molecule has 34 valence electrons. The highest BCUT2D eigenvalue weighted by Crippen LogP contribution is 1.76. The van der Waals surface area contributed by atoms with Crippen LogP contribution in [0.1, 0.15) is 0 Å². The number of hydrogen-bond acceptors (Lipinski definition) is 3. The molecule has 1 heterocycles. The maximum Gasteiger partial charge on any atom is 0.423 e. The van der Waals surface area contributed by atoms with Gasteiger partial charge < -0.3 is 4.74 Å². The van der Waals surface area contributed by atoms with Crippen molar-refractivity contribution in [1.82, 2.24) is 10.9 Å². The molecule has 0 aliphatic carbocycles. The molecule has 0 saturated carbocycles. The molecule has 1 fully saturated rings. The number of rotatable bonds is 0. The van der Waals surface area contributed by atoms with E-state index < -0.39 is 6.09 Å². The summed E-state index contributed by atoms with van der Waals surface area (Å²) in [6.45, 7) is 0.277. The van der Waals surface area contributed by atoms with Gasteiger partial charge in [0, 0.05) is 0 Å². The summed E-state index contributed by atoms with van der Waals surface area (Å²) in [5, 5.41) is 0. The van der Waals surface area contributed by atoms with Crippen LogP contribution in [0.2, 0.25) is 0 Å². The second-order valence-electron chi connectivity index (χ2n) is 0.878.